The van der Waals surface area contributed by atoms with E-state index in [1.54, 1.807) is 0 Å². The minimum Gasteiger partial charge on any atom is -0.465 e. The number of carbonyl (C=O) groups excluding carboxylic acids is 2. The average molecular weight is 215 g/mol. The number of nitrogens with zero attached hydrogens (tertiary/aromatic N) is 1. The second kappa shape index (κ2) is 4.06. The molecular formula is C9H13NO5. The molecule has 6 nitrogen and oxygen atoms in total. The second-order valence-electron chi connectivity index (χ2n) is 3.72. The lowest BCUT2D eigenvalue weighted by Gasteiger charge is -2.16. The van der Waals surface area contributed by atoms with E-state index >= 15 is 0 Å². The Morgan fingerprint density at radius 1 is 1.60 bits per heavy atom. The Morgan fingerprint density at radius 3 is 3.07 bits per heavy atom. The Hall–Kier alpha value is -1.30. The molecule has 2 heterocycles. The molecule has 0 aromatic rings. The highest BCUT2D eigenvalue weighted by Gasteiger charge is 2.45. The fraction of sp³-hybridized carbons (Fsp3) is 0.778. The van der Waals surface area contributed by atoms with Crippen molar-refractivity contribution in [2.24, 2.45) is 11.8 Å². The zero-order valence-corrected chi connectivity index (χ0v) is 8.47. The van der Waals surface area contributed by atoms with E-state index in [9.17, 15) is 9.59 Å². The highest BCUT2D eigenvalue weighted by molar-refractivity contribution is 5.77. The molecule has 0 aromatic heterocycles. The summed E-state index contributed by atoms with van der Waals surface area (Å²) in [5.74, 6) is -0.241. The molecule has 15 heavy (non-hydrogen) atoms. The molecule has 0 aliphatic carbocycles. The Labute approximate surface area is 87.1 Å². The SMILES string of the molecule is COCOC(=O)N1CC2COC(=O)C2C1. The molecule has 2 saturated heterocycles. The summed E-state index contributed by atoms with van der Waals surface area (Å²) in [7, 11) is 1.45. The van der Waals surface area contributed by atoms with Crippen molar-refractivity contribution in [3.05, 3.63) is 0 Å². The van der Waals surface area contributed by atoms with E-state index in [1.807, 2.05) is 0 Å². The van der Waals surface area contributed by atoms with Gasteiger partial charge < -0.3 is 19.1 Å². The van der Waals surface area contributed by atoms with Gasteiger partial charge in [0.25, 0.3) is 0 Å². The first kappa shape index (κ1) is 10.2. The second-order valence-corrected chi connectivity index (χ2v) is 3.72. The van der Waals surface area contributed by atoms with Crippen LogP contribution in [0.1, 0.15) is 0 Å². The van der Waals surface area contributed by atoms with E-state index in [0.717, 1.165) is 0 Å². The average Bonchev–Trinajstić information content (AvgIpc) is 2.78. The number of cyclic esters (lactones) is 1. The Kier molecular flexibility index (Phi) is 2.77. The highest BCUT2D eigenvalue weighted by atomic mass is 16.7. The number of amides is 1. The fourth-order valence-electron chi connectivity index (χ4n) is 1.95. The molecule has 2 aliphatic heterocycles. The number of hydrogen-bond acceptors (Lipinski definition) is 5. The van der Waals surface area contributed by atoms with Crippen LogP contribution in [0.2, 0.25) is 0 Å². The molecule has 2 aliphatic rings. The van der Waals surface area contributed by atoms with Crippen LogP contribution in [0.25, 0.3) is 0 Å². The van der Waals surface area contributed by atoms with Gasteiger partial charge in [0, 0.05) is 26.1 Å². The first-order chi connectivity index (χ1) is 7.22. The molecule has 0 bridgehead atoms. The molecule has 0 aromatic carbocycles. The van der Waals surface area contributed by atoms with Gasteiger partial charge in [0.15, 0.2) is 6.79 Å². The van der Waals surface area contributed by atoms with Gasteiger partial charge in [0.05, 0.1) is 12.5 Å². The van der Waals surface area contributed by atoms with E-state index in [1.165, 1.54) is 12.0 Å². The van der Waals surface area contributed by atoms with Crippen molar-refractivity contribution in [2.75, 3.05) is 33.6 Å². The van der Waals surface area contributed by atoms with Crippen LogP contribution < -0.4 is 0 Å². The van der Waals surface area contributed by atoms with Crippen LogP contribution >= 0.6 is 0 Å². The number of ether oxygens (including phenoxy) is 3. The first-order valence-electron chi connectivity index (χ1n) is 4.79. The van der Waals surface area contributed by atoms with Crippen molar-refractivity contribution in [3.63, 3.8) is 0 Å². The standard InChI is InChI=1S/C9H13NO5/c1-13-5-15-9(12)10-2-6-4-14-8(11)7(6)3-10/h6-7H,2-5H2,1H3. The van der Waals surface area contributed by atoms with Gasteiger partial charge >= 0.3 is 12.1 Å². The van der Waals surface area contributed by atoms with Crippen molar-refractivity contribution in [1.29, 1.82) is 0 Å². The molecule has 84 valence electrons. The van der Waals surface area contributed by atoms with Gasteiger partial charge in [0.2, 0.25) is 0 Å². The lowest BCUT2D eigenvalue weighted by atomic mass is 10.0. The van der Waals surface area contributed by atoms with Crippen LogP contribution in [-0.4, -0.2) is 50.6 Å². The molecular weight excluding hydrogens is 202 g/mol. The quantitative estimate of drug-likeness (QED) is 0.472. The summed E-state index contributed by atoms with van der Waals surface area (Å²) in [6, 6.07) is 0. The number of methoxy groups -OCH3 is 1. The fourth-order valence-corrected chi connectivity index (χ4v) is 1.95. The van der Waals surface area contributed by atoms with Crippen LogP contribution in [0.3, 0.4) is 0 Å². The molecule has 2 atom stereocenters. The molecule has 2 rings (SSSR count). The summed E-state index contributed by atoms with van der Waals surface area (Å²) in [6.45, 7) is 1.28. The van der Waals surface area contributed by atoms with Crippen molar-refractivity contribution in [1.82, 2.24) is 4.90 Å². The maximum atomic E-state index is 11.4. The van der Waals surface area contributed by atoms with Crippen LogP contribution in [0.15, 0.2) is 0 Å². The van der Waals surface area contributed by atoms with E-state index in [0.29, 0.717) is 19.7 Å². The minimum atomic E-state index is -0.431. The van der Waals surface area contributed by atoms with Gasteiger partial charge in [-0.2, -0.15) is 0 Å². The molecule has 6 heteroatoms. The Morgan fingerprint density at radius 2 is 2.40 bits per heavy atom. The van der Waals surface area contributed by atoms with Gasteiger partial charge in [-0.1, -0.05) is 0 Å². The van der Waals surface area contributed by atoms with Crippen LogP contribution in [0.4, 0.5) is 4.79 Å². The Bertz CT molecular complexity index is 280. The molecule has 2 unspecified atom stereocenters. The third-order valence-electron chi connectivity index (χ3n) is 2.74. The van der Waals surface area contributed by atoms with Gasteiger partial charge in [-0.15, -0.1) is 0 Å². The smallest absolute Gasteiger partial charge is 0.411 e. The summed E-state index contributed by atoms with van der Waals surface area (Å²) < 4.78 is 14.3. The van der Waals surface area contributed by atoms with Crippen LogP contribution in [-0.2, 0) is 19.0 Å². The van der Waals surface area contributed by atoms with Crippen molar-refractivity contribution in [3.8, 4) is 0 Å². The lowest BCUT2D eigenvalue weighted by Crippen LogP contribution is -2.31. The summed E-state index contributed by atoms with van der Waals surface area (Å²) in [5, 5.41) is 0. The van der Waals surface area contributed by atoms with Gasteiger partial charge in [-0.05, 0) is 0 Å². The number of rotatable bonds is 2. The van der Waals surface area contributed by atoms with E-state index in [2.05, 4.69) is 4.74 Å². The molecule has 2 fully saturated rings. The lowest BCUT2D eigenvalue weighted by molar-refractivity contribution is -0.141. The number of esters is 1. The van der Waals surface area contributed by atoms with E-state index in [-0.39, 0.29) is 24.6 Å². The van der Waals surface area contributed by atoms with Gasteiger partial charge in [-0.25, -0.2) is 4.79 Å². The predicted molar refractivity (Wildman–Crippen MR) is 47.9 cm³/mol. The molecule has 0 N–H and O–H groups in total. The number of likely N-dealkylation sites (tertiary alicyclic amines) is 1. The van der Waals surface area contributed by atoms with Gasteiger partial charge in [0.1, 0.15) is 0 Å². The van der Waals surface area contributed by atoms with Crippen molar-refractivity contribution >= 4 is 12.1 Å². The van der Waals surface area contributed by atoms with Crippen LogP contribution in [0.5, 0.6) is 0 Å². The number of fused-ring (bicyclic) bond motifs is 1. The first-order valence-corrected chi connectivity index (χ1v) is 4.79. The normalized spacial score (nSPS) is 28.9. The van der Waals surface area contributed by atoms with E-state index in [4.69, 9.17) is 9.47 Å². The minimum absolute atomic E-state index is 0.0604. The van der Waals surface area contributed by atoms with Gasteiger partial charge in [-0.3, -0.25) is 4.79 Å². The number of carbonyl (C=O) groups is 2. The topological polar surface area (TPSA) is 65.1 Å². The summed E-state index contributed by atoms with van der Waals surface area (Å²) in [4.78, 5) is 24.1. The monoisotopic (exact) mass is 215 g/mol. The third-order valence-corrected chi connectivity index (χ3v) is 2.74. The van der Waals surface area contributed by atoms with Crippen molar-refractivity contribution < 1.29 is 23.8 Å². The van der Waals surface area contributed by atoms with E-state index < -0.39 is 6.09 Å². The zero-order chi connectivity index (χ0) is 10.8. The maximum absolute atomic E-state index is 11.4. The predicted octanol–water partition coefficient (Wildman–Crippen LogP) is -0.168. The maximum Gasteiger partial charge on any atom is 0.411 e. The summed E-state index contributed by atoms with van der Waals surface area (Å²) in [6.07, 6.45) is -0.431. The summed E-state index contributed by atoms with van der Waals surface area (Å²) in [5.41, 5.74) is 0. The molecule has 1 amide bonds. The third kappa shape index (κ3) is 1.90. The largest absolute Gasteiger partial charge is 0.465 e. The number of hydrogen-bond donors (Lipinski definition) is 0. The zero-order valence-electron chi connectivity index (χ0n) is 8.47. The molecule has 0 radical (unpaired) electrons. The summed E-state index contributed by atoms with van der Waals surface area (Å²) >= 11 is 0. The highest BCUT2D eigenvalue weighted by Crippen LogP contribution is 2.30. The molecule has 0 spiro atoms. The van der Waals surface area contributed by atoms with Crippen molar-refractivity contribution in [2.45, 2.75) is 0 Å². The molecule has 0 saturated carbocycles. The van der Waals surface area contributed by atoms with Crippen LogP contribution in [0, 0.1) is 11.8 Å². The Balaban J connectivity index is 1.87.